The summed E-state index contributed by atoms with van der Waals surface area (Å²) in [6.45, 7) is 4.36. The molecule has 0 unspecified atom stereocenters. The zero-order valence-electron chi connectivity index (χ0n) is 14.5. The van der Waals surface area contributed by atoms with Crippen molar-refractivity contribution in [1.29, 1.82) is 0 Å². The lowest BCUT2D eigenvalue weighted by atomic mass is 9.89. The van der Waals surface area contributed by atoms with Crippen LogP contribution in [0.5, 0.6) is 0 Å². The summed E-state index contributed by atoms with van der Waals surface area (Å²) in [4.78, 5) is 11.7. The van der Waals surface area contributed by atoms with E-state index in [0.717, 1.165) is 5.56 Å². The molecule has 2 aromatic rings. The van der Waals surface area contributed by atoms with Crippen LogP contribution in [0.2, 0.25) is 0 Å². The molecule has 2 aromatic carbocycles. The molecule has 0 aromatic heterocycles. The summed E-state index contributed by atoms with van der Waals surface area (Å²) in [5.41, 5.74) is 7.23. The number of ether oxygens (including phenoxy) is 1. The Balaban J connectivity index is 1.79. The highest BCUT2D eigenvalue weighted by atomic mass is 16.5. The van der Waals surface area contributed by atoms with E-state index in [-0.39, 0.29) is 5.97 Å². The Labute approximate surface area is 144 Å². The lowest BCUT2D eigenvalue weighted by molar-refractivity contribution is 0.0526. The molecule has 0 fully saturated rings. The van der Waals surface area contributed by atoms with Crippen molar-refractivity contribution < 1.29 is 9.53 Å². The molecule has 24 heavy (non-hydrogen) atoms. The van der Waals surface area contributed by atoms with Crippen molar-refractivity contribution in [2.24, 2.45) is 0 Å². The summed E-state index contributed by atoms with van der Waals surface area (Å²) in [7, 11) is 0. The van der Waals surface area contributed by atoms with Crippen molar-refractivity contribution >= 4 is 17.6 Å². The molecule has 124 valence electrons. The van der Waals surface area contributed by atoms with Gasteiger partial charge in [-0.15, -0.1) is 0 Å². The molecule has 1 aliphatic rings. The Bertz CT molecular complexity index is 754. The van der Waals surface area contributed by atoms with Crippen LogP contribution in [0.4, 0.5) is 0 Å². The highest BCUT2D eigenvalue weighted by molar-refractivity contribution is 5.90. The maximum atomic E-state index is 11.7. The van der Waals surface area contributed by atoms with E-state index in [1.807, 2.05) is 31.2 Å². The van der Waals surface area contributed by atoms with Crippen molar-refractivity contribution in [3.05, 3.63) is 70.3 Å². The summed E-state index contributed by atoms with van der Waals surface area (Å²) in [6, 6.07) is 14.4. The number of hydrogen-bond acceptors (Lipinski definition) is 2. The van der Waals surface area contributed by atoms with Gasteiger partial charge in [-0.05, 0) is 79.5 Å². The molecule has 0 radical (unpaired) electrons. The lowest BCUT2D eigenvalue weighted by Crippen LogP contribution is -2.04. The standard InChI is InChI=1S/C22H24O2/c1-3-24-22(23)19-10-8-17(9-11-19)14-16(2)20-13-12-18-6-4-5-7-21(18)15-20/h8-15H,3-7H2,1-2H3/b16-14+. The monoisotopic (exact) mass is 320 g/mol. The number of benzene rings is 2. The lowest BCUT2D eigenvalue weighted by Gasteiger charge is -2.16. The number of aryl methyl sites for hydroxylation is 2. The van der Waals surface area contributed by atoms with Gasteiger partial charge in [0.2, 0.25) is 0 Å². The molecular formula is C22H24O2. The maximum Gasteiger partial charge on any atom is 0.338 e. The van der Waals surface area contributed by atoms with Gasteiger partial charge in [0.25, 0.3) is 0 Å². The third kappa shape index (κ3) is 3.76. The smallest absolute Gasteiger partial charge is 0.338 e. The number of esters is 1. The van der Waals surface area contributed by atoms with Crippen LogP contribution in [0.25, 0.3) is 11.6 Å². The fraction of sp³-hybridized carbons (Fsp3) is 0.318. The van der Waals surface area contributed by atoms with Crippen LogP contribution in [-0.2, 0) is 17.6 Å². The van der Waals surface area contributed by atoms with Gasteiger partial charge in [-0.1, -0.05) is 36.4 Å². The molecule has 0 atom stereocenters. The molecule has 0 heterocycles. The zero-order valence-corrected chi connectivity index (χ0v) is 14.5. The Morgan fingerprint density at radius 3 is 2.38 bits per heavy atom. The summed E-state index contributed by atoms with van der Waals surface area (Å²) < 4.78 is 5.02. The highest BCUT2D eigenvalue weighted by Gasteiger charge is 2.10. The number of carbonyl (C=O) groups excluding carboxylic acids is 1. The van der Waals surface area contributed by atoms with E-state index in [1.54, 1.807) is 0 Å². The first-order valence-electron chi connectivity index (χ1n) is 8.75. The molecule has 2 nitrogen and oxygen atoms in total. The number of allylic oxidation sites excluding steroid dienone is 1. The highest BCUT2D eigenvalue weighted by Crippen LogP contribution is 2.26. The van der Waals surface area contributed by atoms with Gasteiger partial charge in [-0.2, -0.15) is 0 Å². The van der Waals surface area contributed by atoms with Crippen molar-refractivity contribution in [1.82, 2.24) is 0 Å². The molecule has 0 amide bonds. The molecule has 2 heteroatoms. The van der Waals surface area contributed by atoms with Crippen molar-refractivity contribution in [3.8, 4) is 0 Å². The van der Waals surface area contributed by atoms with Crippen LogP contribution < -0.4 is 0 Å². The molecule has 0 aliphatic heterocycles. The Hall–Kier alpha value is -2.35. The Morgan fingerprint density at radius 1 is 1.00 bits per heavy atom. The maximum absolute atomic E-state index is 11.7. The van der Waals surface area contributed by atoms with Gasteiger partial charge in [0, 0.05) is 0 Å². The largest absolute Gasteiger partial charge is 0.462 e. The summed E-state index contributed by atoms with van der Waals surface area (Å²) in [6.07, 6.45) is 7.19. The minimum atomic E-state index is -0.264. The molecule has 0 saturated heterocycles. The Morgan fingerprint density at radius 2 is 1.67 bits per heavy atom. The fourth-order valence-corrected chi connectivity index (χ4v) is 3.24. The summed E-state index contributed by atoms with van der Waals surface area (Å²) in [5.74, 6) is -0.264. The predicted octanol–water partition coefficient (Wildman–Crippen LogP) is 5.30. The van der Waals surface area contributed by atoms with Crippen molar-refractivity contribution in [2.75, 3.05) is 6.61 Å². The molecule has 0 saturated carbocycles. The second-order valence-corrected chi connectivity index (χ2v) is 6.36. The molecule has 1 aliphatic carbocycles. The van der Waals surface area contributed by atoms with Gasteiger partial charge >= 0.3 is 5.97 Å². The van der Waals surface area contributed by atoms with Crippen LogP contribution in [0, 0.1) is 0 Å². The first-order valence-corrected chi connectivity index (χ1v) is 8.75. The number of fused-ring (bicyclic) bond motifs is 1. The first-order chi connectivity index (χ1) is 11.7. The third-order valence-electron chi connectivity index (χ3n) is 4.61. The van der Waals surface area contributed by atoms with E-state index < -0.39 is 0 Å². The van der Waals surface area contributed by atoms with E-state index in [0.29, 0.717) is 12.2 Å². The van der Waals surface area contributed by atoms with Gasteiger partial charge in [0.05, 0.1) is 12.2 Å². The first kappa shape index (κ1) is 16.5. The third-order valence-corrected chi connectivity index (χ3v) is 4.61. The second-order valence-electron chi connectivity index (χ2n) is 6.36. The average Bonchev–Trinajstić information content (AvgIpc) is 2.62. The van der Waals surface area contributed by atoms with E-state index >= 15 is 0 Å². The molecular weight excluding hydrogens is 296 g/mol. The SMILES string of the molecule is CCOC(=O)c1ccc(/C=C(\C)c2ccc3c(c2)CCCC3)cc1. The van der Waals surface area contributed by atoms with Gasteiger partial charge in [0.15, 0.2) is 0 Å². The van der Waals surface area contributed by atoms with Crippen LogP contribution in [0.15, 0.2) is 42.5 Å². The van der Waals surface area contributed by atoms with Gasteiger partial charge < -0.3 is 4.74 Å². The van der Waals surface area contributed by atoms with Gasteiger partial charge in [-0.3, -0.25) is 0 Å². The van der Waals surface area contributed by atoms with Crippen LogP contribution in [0.3, 0.4) is 0 Å². The Kier molecular flexibility index (Phi) is 5.14. The molecule has 0 N–H and O–H groups in total. The fourth-order valence-electron chi connectivity index (χ4n) is 3.24. The molecule has 0 spiro atoms. The van der Waals surface area contributed by atoms with Crippen molar-refractivity contribution in [2.45, 2.75) is 39.5 Å². The number of carbonyl (C=O) groups is 1. The van der Waals surface area contributed by atoms with E-state index in [1.165, 1.54) is 47.9 Å². The average molecular weight is 320 g/mol. The predicted molar refractivity (Wildman–Crippen MR) is 99.0 cm³/mol. The van der Waals surface area contributed by atoms with E-state index in [2.05, 4.69) is 31.2 Å². The second kappa shape index (κ2) is 7.48. The van der Waals surface area contributed by atoms with Gasteiger partial charge in [-0.25, -0.2) is 4.79 Å². The van der Waals surface area contributed by atoms with E-state index in [4.69, 9.17) is 4.74 Å². The quantitative estimate of drug-likeness (QED) is 0.564. The number of rotatable bonds is 4. The number of hydrogen-bond donors (Lipinski definition) is 0. The summed E-state index contributed by atoms with van der Waals surface area (Å²) in [5, 5.41) is 0. The molecule has 3 rings (SSSR count). The minimum absolute atomic E-state index is 0.264. The minimum Gasteiger partial charge on any atom is -0.462 e. The zero-order chi connectivity index (χ0) is 16.9. The van der Waals surface area contributed by atoms with E-state index in [9.17, 15) is 4.79 Å². The topological polar surface area (TPSA) is 26.3 Å². The van der Waals surface area contributed by atoms with Gasteiger partial charge in [0.1, 0.15) is 0 Å². The van der Waals surface area contributed by atoms with Crippen LogP contribution >= 0.6 is 0 Å². The van der Waals surface area contributed by atoms with Crippen LogP contribution in [0.1, 0.15) is 59.3 Å². The molecule has 0 bridgehead atoms. The van der Waals surface area contributed by atoms with Crippen molar-refractivity contribution in [3.63, 3.8) is 0 Å². The van der Waals surface area contributed by atoms with Crippen LogP contribution in [-0.4, -0.2) is 12.6 Å². The summed E-state index contributed by atoms with van der Waals surface area (Å²) >= 11 is 0. The normalized spacial score (nSPS) is 14.2.